The van der Waals surface area contributed by atoms with Gasteiger partial charge >= 0.3 is 0 Å². The average molecular weight is 269 g/mol. The van der Waals surface area contributed by atoms with Crippen molar-refractivity contribution in [1.29, 1.82) is 0 Å². The summed E-state index contributed by atoms with van der Waals surface area (Å²) in [5.41, 5.74) is -0.00684. The van der Waals surface area contributed by atoms with E-state index in [1.54, 1.807) is 0 Å². The van der Waals surface area contributed by atoms with Gasteiger partial charge in [0.05, 0.1) is 0 Å². The minimum absolute atomic E-state index is 0.00684. The smallest absolute Gasteiger partial charge is 0.226 e. The highest BCUT2D eigenvalue weighted by atomic mass is 32.1. The molecule has 0 aliphatic heterocycles. The van der Waals surface area contributed by atoms with Crippen LogP contribution in [0.15, 0.2) is 0 Å². The second-order valence-corrected chi connectivity index (χ2v) is 6.93. The summed E-state index contributed by atoms with van der Waals surface area (Å²) in [4.78, 5) is 11.8. The van der Waals surface area contributed by atoms with E-state index in [-0.39, 0.29) is 11.3 Å². The summed E-state index contributed by atoms with van der Waals surface area (Å²) < 4.78 is 0. The standard InChI is InChI=1S/C13H23N3OS/c1-6-7-9(2)11-15-16-12(18-11)14-10(17)8-13(3,4)5/h9H,6-8H2,1-5H3,(H,14,16,17)/t9-/m0/s1. The molecule has 1 atom stereocenters. The Balaban J connectivity index is 2.56. The number of carbonyl (C=O) groups is 1. The molecule has 0 unspecified atom stereocenters. The van der Waals surface area contributed by atoms with Crippen molar-refractivity contribution in [1.82, 2.24) is 10.2 Å². The number of hydrogen-bond acceptors (Lipinski definition) is 4. The largest absolute Gasteiger partial charge is 0.301 e. The number of nitrogens with one attached hydrogen (secondary N) is 1. The highest BCUT2D eigenvalue weighted by Gasteiger charge is 2.18. The van der Waals surface area contributed by atoms with Crippen molar-refractivity contribution in [2.45, 2.75) is 59.8 Å². The third kappa shape index (κ3) is 5.12. The van der Waals surface area contributed by atoms with Gasteiger partial charge in [-0.3, -0.25) is 4.79 Å². The number of hydrogen-bond donors (Lipinski definition) is 1. The molecule has 5 heteroatoms. The molecule has 102 valence electrons. The van der Waals surface area contributed by atoms with E-state index in [2.05, 4.69) is 29.4 Å². The Hall–Kier alpha value is -0.970. The van der Waals surface area contributed by atoms with E-state index in [0.29, 0.717) is 17.5 Å². The van der Waals surface area contributed by atoms with Crippen LogP contribution < -0.4 is 5.32 Å². The molecule has 0 fully saturated rings. The number of anilines is 1. The van der Waals surface area contributed by atoms with Crippen LogP contribution in [0, 0.1) is 5.41 Å². The van der Waals surface area contributed by atoms with Gasteiger partial charge in [-0.1, -0.05) is 52.4 Å². The lowest BCUT2D eigenvalue weighted by Gasteiger charge is -2.16. The number of carbonyl (C=O) groups excluding carboxylic acids is 1. The van der Waals surface area contributed by atoms with E-state index in [1.807, 2.05) is 20.8 Å². The molecular weight excluding hydrogens is 246 g/mol. The first-order valence-corrected chi connectivity index (χ1v) is 7.26. The number of rotatable bonds is 5. The van der Waals surface area contributed by atoms with Crippen LogP contribution in [0.5, 0.6) is 0 Å². The summed E-state index contributed by atoms with van der Waals surface area (Å²) in [5.74, 6) is 0.425. The summed E-state index contributed by atoms with van der Waals surface area (Å²) in [6.07, 6.45) is 2.73. The third-order valence-corrected chi connectivity index (χ3v) is 3.59. The molecule has 18 heavy (non-hydrogen) atoms. The molecule has 1 aromatic heterocycles. The van der Waals surface area contributed by atoms with Crippen molar-refractivity contribution in [2.24, 2.45) is 5.41 Å². The van der Waals surface area contributed by atoms with Crippen LogP contribution in [0.1, 0.15) is 64.8 Å². The van der Waals surface area contributed by atoms with E-state index in [0.717, 1.165) is 17.8 Å². The Morgan fingerprint density at radius 3 is 2.61 bits per heavy atom. The fourth-order valence-electron chi connectivity index (χ4n) is 1.69. The zero-order valence-electron chi connectivity index (χ0n) is 11.9. The molecule has 0 saturated heterocycles. The lowest BCUT2D eigenvalue weighted by molar-refractivity contribution is -0.117. The third-order valence-electron chi connectivity index (χ3n) is 2.52. The maximum atomic E-state index is 11.8. The highest BCUT2D eigenvalue weighted by Crippen LogP contribution is 2.27. The number of aromatic nitrogens is 2. The minimum atomic E-state index is -0.00684. The van der Waals surface area contributed by atoms with E-state index in [1.165, 1.54) is 11.3 Å². The molecule has 4 nitrogen and oxygen atoms in total. The van der Waals surface area contributed by atoms with E-state index in [4.69, 9.17) is 0 Å². The fraction of sp³-hybridized carbons (Fsp3) is 0.769. The van der Waals surface area contributed by atoms with Crippen LogP contribution in [0.2, 0.25) is 0 Å². The number of amides is 1. The van der Waals surface area contributed by atoms with Gasteiger partial charge in [-0.2, -0.15) is 0 Å². The van der Waals surface area contributed by atoms with Gasteiger partial charge < -0.3 is 5.32 Å². The minimum Gasteiger partial charge on any atom is -0.301 e. The zero-order chi connectivity index (χ0) is 13.8. The van der Waals surface area contributed by atoms with Crippen molar-refractivity contribution >= 4 is 22.4 Å². The van der Waals surface area contributed by atoms with Crippen molar-refractivity contribution in [3.05, 3.63) is 5.01 Å². The van der Waals surface area contributed by atoms with Crippen LogP contribution in [0.4, 0.5) is 5.13 Å². The molecule has 0 aliphatic rings. The molecule has 0 aliphatic carbocycles. The lowest BCUT2D eigenvalue weighted by atomic mass is 9.92. The van der Waals surface area contributed by atoms with Crippen LogP contribution in [0.25, 0.3) is 0 Å². The molecule has 1 amide bonds. The monoisotopic (exact) mass is 269 g/mol. The Morgan fingerprint density at radius 1 is 1.39 bits per heavy atom. The Labute approximate surface area is 113 Å². The maximum Gasteiger partial charge on any atom is 0.226 e. The van der Waals surface area contributed by atoms with Gasteiger partial charge in [0.2, 0.25) is 11.0 Å². The quantitative estimate of drug-likeness (QED) is 0.884. The molecule has 0 aromatic carbocycles. The molecule has 0 radical (unpaired) electrons. The molecule has 0 bridgehead atoms. The first kappa shape index (κ1) is 15.1. The molecule has 1 heterocycles. The molecule has 0 spiro atoms. The first-order chi connectivity index (χ1) is 8.31. The molecule has 1 rings (SSSR count). The van der Waals surface area contributed by atoms with E-state index >= 15 is 0 Å². The first-order valence-electron chi connectivity index (χ1n) is 6.45. The summed E-state index contributed by atoms with van der Waals surface area (Å²) in [6.45, 7) is 10.4. The summed E-state index contributed by atoms with van der Waals surface area (Å²) >= 11 is 1.48. The maximum absolute atomic E-state index is 11.8. The summed E-state index contributed by atoms with van der Waals surface area (Å²) in [6, 6.07) is 0. The van der Waals surface area contributed by atoms with Crippen molar-refractivity contribution in [3.63, 3.8) is 0 Å². The second kappa shape index (κ2) is 6.27. The molecule has 0 saturated carbocycles. The van der Waals surface area contributed by atoms with Crippen molar-refractivity contribution < 1.29 is 4.79 Å². The zero-order valence-corrected chi connectivity index (χ0v) is 12.7. The van der Waals surface area contributed by atoms with Crippen LogP contribution >= 0.6 is 11.3 Å². The van der Waals surface area contributed by atoms with Crippen molar-refractivity contribution in [2.75, 3.05) is 5.32 Å². The van der Waals surface area contributed by atoms with Gasteiger partial charge in [0.1, 0.15) is 5.01 Å². The van der Waals surface area contributed by atoms with Crippen LogP contribution in [0.3, 0.4) is 0 Å². The summed E-state index contributed by atoms with van der Waals surface area (Å²) in [7, 11) is 0. The average Bonchev–Trinajstić information content (AvgIpc) is 2.63. The Bertz CT molecular complexity index is 395. The fourth-order valence-corrected chi connectivity index (χ4v) is 2.53. The molecule has 1 N–H and O–H groups in total. The second-order valence-electron chi connectivity index (χ2n) is 5.92. The molecule has 1 aromatic rings. The van der Waals surface area contributed by atoms with Gasteiger partial charge in [0.15, 0.2) is 0 Å². The Kier molecular flexibility index (Phi) is 5.26. The normalized spacial score (nSPS) is 13.4. The van der Waals surface area contributed by atoms with Gasteiger partial charge in [-0.15, -0.1) is 10.2 Å². The van der Waals surface area contributed by atoms with Gasteiger partial charge in [-0.05, 0) is 11.8 Å². The predicted octanol–water partition coefficient (Wildman–Crippen LogP) is 3.82. The summed E-state index contributed by atoms with van der Waals surface area (Å²) in [5, 5.41) is 12.6. The van der Waals surface area contributed by atoms with Gasteiger partial charge in [0, 0.05) is 12.3 Å². The van der Waals surface area contributed by atoms with E-state index < -0.39 is 0 Å². The van der Waals surface area contributed by atoms with E-state index in [9.17, 15) is 4.79 Å². The highest BCUT2D eigenvalue weighted by molar-refractivity contribution is 7.15. The number of nitrogens with zero attached hydrogens (tertiary/aromatic N) is 2. The van der Waals surface area contributed by atoms with Crippen molar-refractivity contribution in [3.8, 4) is 0 Å². The van der Waals surface area contributed by atoms with Gasteiger partial charge in [-0.25, -0.2) is 0 Å². The van der Waals surface area contributed by atoms with Crippen LogP contribution in [-0.4, -0.2) is 16.1 Å². The van der Waals surface area contributed by atoms with Gasteiger partial charge in [0.25, 0.3) is 0 Å². The van der Waals surface area contributed by atoms with Crippen LogP contribution in [-0.2, 0) is 4.79 Å². The SMILES string of the molecule is CCC[C@H](C)c1nnc(NC(=O)CC(C)(C)C)s1. The molecular formula is C13H23N3OS. The predicted molar refractivity (Wildman–Crippen MR) is 75.9 cm³/mol. The topological polar surface area (TPSA) is 54.9 Å². The lowest BCUT2D eigenvalue weighted by Crippen LogP contribution is -2.19. The Morgan fingerprint density at radius 2 is 2.06 bits per heavy atom.